The zero-order valence-electron chi connectivity index (χ0n) is 9.57. The summed E-state index contributed by atoms with van der Waals surface area (Å²) in [5, 5.41) is 1.96. The maximum absolute atomic E-state index is 12.2. The zero-order valence-corrected chi connectivity index (χ0v) is 12.8. The molecule has 0 fully saturated rings. The van der Waals surface area contributed by atoms with E-state index >= 15 is 0 Å². The van der Waals surface area contributed by atoms with Crippen molar-refractivity contribution in [2.75, 3.05) is 7.05 Å². The molecule has 2 rings (SSSR count). The second-order valence-electron chi connectivity index (χ2n) is 3.80. The number of rotatable bonds is 3. The van der Waals surface area contributed by atoms with Gasteiger partial charge in [0.25, 0.3) is 5.91 Å². The normalized spacial score (nSPS) is 10.5. The van der Waals surface area contributed by atoms with Gasteiger partial charge in [0.2, 0.25) is 0 Å². The van der Waals surface area contributed by atoms with Crippen LogP contribution in [0.15, 0.2) is 27.4 Å². The molecule has 0 saturated carbocycles. The van der Waals surface area contributed by atoms with Crippen molar-refractivity contribution in [1.82, 2.24) is 4.90 Å². The van der Waals surface area contributed by atoms with Gasteiger partial charge in [-0.15, -0.1) is 22.7 Å². The van der Waals surface area contributed by atoms with E-state index in [9.17, 15) is 4.79 Å². The molecule has 0 aliphatic carbocycles. The van der Waals surface area contributed by atoms with Gasteiger partial charge in [-0.2, -0.15) is 0 Å². The third kappa shape index (κ3) is 2.97. The van der Waals surface area contributed by atoms with E-state index in [2.05, 4.69) is 15.9 Å². The van der Waals surface area contributed by atoms with Crippen molar-refractivity contribution in [2.24, 2.45) is 0 Å². The Hall–Kier alpha value is -0.650. The first-order chi connectivity index (χ1) is 8.08. The smallest absolute Gasteiger partial charge is 0.264 e. The lowest BCUT2D eigenvalue weighted by atomic mass is 10.2. The van der Waals surface area contributed by atoms with Crippen molar-refractivity contribution in [2.45, 2.75) is 13.5 Å². The van der Waals surface area contributed by atoms with Crippen LogP contribution in [-0.2, 0) is 6.54 Å². The van der Waals surface area contributed by atoms with E-state index in [1.165, 1.54) is 16.2 Å². The van der Waals surface area contributed by atoms with E-state index in [1.807, 2.05) is 37.6 Å². The Morgan fingerprint density at radius 3 is 2.71 bits per heavy atom. The zero-order chi connectivity index (χ0) is 12.4. The minimum atomic E-state index is 0.0991. The van der Waals surface area contributed by atoms with Gasteiger partial charge < -0.3 is 4.90 Å². The van der Waals surface area contributed by atoms with Gasteiger partial charge >= 0.3 is 0 Å². The molecule has 5 heteroatoms. The minimum Gasteiger partial charge on any atom is -0.336 e. The fourth-order valence-electron chi connectivity index (χ4n) is 1.51. The molecule has 2 heterocycles. The molecule has 2 nitrogen and oxygen atoms in total. The molecule has 90 valence electrons. The molecule has 0 aromatic carbocycles. The Labute approximate surface area is 117 Å². The van der Waals surface area contributed by atoms with E-state index in [4.69, 9.17) is 0 Å². The Kier molecular flexibility index (Phi) is 4.01. The number of halogens is 1. The summed E-state index contributed by atoms with van der Waals surface area (Å²) in [5.74, 6) is 0.0991. The van der Waals surface area contributed by atoms with Crippen molar-refractivity contribution in [3.63, 3.8) is 0 Å². The number of aryl methyl sites for hydroxylation is 1. The molecular weight excluding hydrogens is 318 g/mol. The van der Waals surface area contributed by atoms with Gasteiger partial charge in [-0.1, -0.05) is 0 Å². The number of carbonyl (C=O) groups is 1. The standard InChI is InChI=1S/C12H12BrNOS2/c1-8-5-6-16-11(8)12(15)14(2)7-9-3-4-10(13)17-9/h3-6H,7H2,1-2H3. The van der Waals surface area contributed by atoms with Gasteiger partial charge in [0, 0.05) is 11.9 Å². The van der Waals surface area contributed by atoms with Crippen LogP contribution in [0, 0.1) is 6.92 Å². The number of hydrogen-bond acceptors (Lipinski definition) is 3. The highest BCUT2D eigenvalue weighted by Crippen LogP contribution is 2.24. The Balaban J connectivity index is 2.08. The molecule has 0 aliphatic heterocycles. The fraction of sp³-hybridized carbons (Fsp3) is 0.250. The summed E-state index contributed by atoms with van der Waals surface area (Å²) >= 11 is 6.59. The summed E-state index contributed by atoms with van der Waals surface area (Å²) in [6, 6.07) is 6.03. The molecule has 17 heavy (non-hydrogen) atoms. The molecule has 2 aromatic rings. The maximum Gasteiger partial charge on any atom is 0.264 e. The highest BCUT2D eigenvalue weighted by molar-refractivity contribution is 9.11. The van der Waals surface area contributed by atoms with Crippen LogP contribution in [0.5, 0.6) is 0 Å². The topological polar surface area (TPSA) is 20.3 Å². The molecule has 0 radical (unpaired) electrons. The monoisotopic (exact) mass is 329 g/mol. The number of amides is 1. The van der Waals surface area contributed by atoms with Crippen LogP contribution >= 0.6 is 38.6 Å². The lowest BCUT2D eigenvalue weighted by Crippen LogP contribution is -2.25. The number of hydrogen-bond donors (Lipinski definition) is 0. The van der Waals surface area contributed by atoms with Crippen LogP contribution in [0.25, 0.3) is 0 Å². The highest BCUT2D eigenvalue weighted by atomic mass is 79.9. The lowest BCUT2D eigenvalue weighted by molar-refractivity contribution is 0.0790. The Bertz CT molecular complexity index is 532. The molecule has 0 bridgehead atoms. The van der Waals surface area contributed by atoms with Crippen molar-refractivity contribution in [3.05, 3.63) is 42.7 Å². The average molecular weight is 330 g/mol. The predicted molar refractivity (Wildman–Crippen MR) is 76.9 cm³/mol. The fourth-order valence-corrected chi connectivity index (χ4v) is 3.96. The summed E-state index contributed by atoms with van der Waals surface area (Å²) in [4.78, 5) is 15.9. The first-order valence-corrected chi connectivity index (χ1v) is 7.60. The number of thiophene rings is 2. The molecule has 0 aliphatic rings. The SMILES string of the molecule is Cc1ccsc1C(=O)N(C)Cc1ccc(Br)s1. The first-order valence-electron chi connectivity index (χ1n) is 5.11. The predicted octanol–water partition coefficient (Wildman–Crippen LogP) is 4.15. The average Bonchev–Trinajstić information content (AvgIpc) is 2.86. The van der Waals surface area contributed by atoms with Gasteiger partial charge in [-0.3, -0.25) is 4.79 Å². The van der Waals surface area contributed by atoms with Crippen LogP contribution in [0.1, 0.15) is 20.1 Å². The van der Waals surface area contributed by atoms with Gasteiger partial charge in [-0.25, -0.2) is 0 Å². The molecule has 0 saturated heterocycles. The van der Waals surface area contributed by atoms with Gasteiger partial charge in [-0.05, 0) is 52.0 Å². The van der Waals surface area contributed by atoms with Gasteiger partial charge in [0.05, 0.1) is 15.2 Å². The van der Waals surface area contributed by atoms with E-state index in [-0.39, 0.29) is 5.91 Å². The van der Waals surface area contributed by atoms with Crippen LogP contribution in [0.2, 0.25) is 0 Å². The second-order valence-corrected chi connectivity index (χ2v) is 7.26. The van der Waals surface area contributed by atoms with Crippen LogP contribution < -0.4 is 0 Å². The van der Waals surface area contributed by atoms with E-state index in [0.717, 1.165) is 14.2 Å². The highest BCUT2D eigenvalue weighted by Gasteiger charge is 2.16. The Morgan fingerprint density at radius 2 is 2.18 bits per heavy atom. The van der Waals surface area contributed by atoms with Crippen molar-refractivity contribution in [3.8, 4) is 0 Å². The molecule has 1 amide bonds. The van der Waals surface area contributed by atoms with E-state index < -0.39 is 0 Å². The second kappa shape index (κ2) is 5.33. The van der Waals surface area contributed by atoms with Crippen molar-refractivity contribution in [1.29, 1.82) is 0 Å². The molecule has 0 atom stereocenters. The summed E-state index contributed by atoms with van der Waals surface area (Å²) in [6.07, 6.45) is 0. The van der Waals surface area contributed by atoms with Crippen LogP contribution in [-0.4, -0.2) is 17.9 Å². The lowest BCUT2D eigenvalue weighted by Gasteiger charge is -2.15. The summed E-state index contributed by atoms with van der Waals surface area (Å²) in [5.41, 5.74) is 1.05. The maximum atomic E-state index is 12.2. The van der Waals surface area contributed by atoms with E-state index in [0.29, 0.717) is 6.54 Å². The third-order valence-electron chi connectivity index (χ3n) is 2.42. The largest absolute Gasteiger partial charge is 0.336 e. The van der Waals surface area contributed by atoms with Gasteiger partial charge in [0.1, 0.15) is 0 Å². The minimum absolute atomic E-state index is 0.0991. The molecule has 0 spiro atoms. The van der Waals surface area contributed by atoms with Crippen LogP contribution in [0.4, 0.5) is 0 Å². The quantitative estimate of drug-likeness (QED) is 0.828. The van der Waals surface area contributed by atoms with Crippen LogP contribution in [0.3, 0.4) is 0 Å². The summed E-state index contributed by atoms with van der Waals surface area (Å²) < 4.78 is 1.10. The molecular formula is C12H12BrNOS2. The molecule has 0 unspecified atom stereocenters. The Morgan fingerprint density at radius 1 is 1.41 bits per heavy atom. The summed E-state index contributed by atoms with van der Waals surface area (Å²) in [6.45, 7) is 2.63. The van der Waals surface area contributed by atoms with Crippen molar-refractivity contribution >= 4 is 44.5 Å². The van der Waals surface area contributed by atoms with Crippen molar-refractivity contribution < 1.29 is 4.79 Å². The number of carbonyl (C=O) groups excluding carboxylic acids is 1. The first kappa shape index (κ1) is 12.8. The molecule has 2 aromatic heterocycles. The summed E-state index contributed by atoms with van der Waals surface area (Å²) in [7, 11) is 1.84. The molecule has 0 N–H and O–H groups in total. The number of nitrogens with zero attached hydrogens (tertiary/aromatic N) is 1. The van der Waals surface area contributed by atoms with E-state index in [1.54, 1.807) is 16.2 Å². The van der Waals surface area contributed by atoms with Gasteiger partial charge in [0.15, 0.2) is 0 Å². The third-order valence-corrected chi connectivity index (χ3v) is 5.04.